The van der Waals surface area contributed by atoms with Crippen LogP contribution in [0.15, 0.2) is 0 Å². The molecular formula is C15H32O5Si. The van der Waals surface area contributed by atoms with Crippen LogP contribution in [0.5, 0.6) is 0 Å². The summed E-state index contributed by atoms with van der Waals surface area (Å²) in [5, 5.41) is 0. The predicted molar refractivity (Wildman–Crippen MR) is 84.2 cm³/mol. The summed E-state index contributed by atoms with van der Waals surface area (Å²) in [5.74, 6) is 0.500. The number of hydrogen-bond acceptors (Lipinski definition) is 5. The standard InChI is InChI=1S/C15H32O5Si/c1-6-11-16-15(14-13(7-2)12-17-14)21(18-8-3,19-9-4)20-10-5/h13-15H,6-12H2,1-5H3. The largest absolute Gasteiger partial charge is 0.534 e. The highest BCUT2D eigenvalue weighted by molar-refractivity contribution is 6.62. The highest BCUT2D eigenvalue weighted by Crippen LogP contribution is 2.33. The van der Waals surface area contributed by atoms with E-state index < -0.39 is 8.80 Å². The molecular weight excluding hydrogens is 288 g/mol. The molecule has 0 N–H and O–H groups in total. The van der Waals surface area contributed by atoms with Gasteiger partial charge in [-0.05, 0) is 33.6 Å². The molecule has 1 heterocycles. The van der Waals surface area contributed by atoms with E-state index >= 15 is 0 Å². The Balaban J connectivity index is 2.96. The van der Waals surface area contributed by atoms with Crippen LogP contribution in [0.25, 0.3) is 0 Å². The van der Waals surface area contributed by atoms with Gasteiger partial charge in [-0.15, -0.1) is 0 Å². The van der Waals surface area contributed by atoms with Crippen LogP contribution >= 0.6 is 0 Å². The van der Waals surface area contributed by atoms with Crippen molar-refractivity contribution in [3.63, 3.8) is 0 Å². The Labute approximate surface area is 130 Å². The van der Waals surface area contributed by atoms with E-state index in [0.29, 0.717) is 32.3 Å². The number of rotatable bonds is 12. The second kappa shape index (κ2) is 9.92. The minimum absolute atomic E-state index is 0.0258. The maximum atomic E-state index is 6.11. The Bertz CT molecular complexity index is 258. The van der Waals surface area contributed by atoms with Gasteiger partial charge in [0.2, 0.25) is 0 Å². The maximum absolute atomic E-state index is 6.11. The van der Waals surface area contributed by atoms with E-state index in [2.05, 4.69) is 13.8 Å². The van der Waals surface area contributed by atoms with Crippen molar-refractivity contribution < 1.29 is 22.8 Å². The molecule has 0 aliphatic carbocycles. The maximum Gasteiger partial charge on any atom is 0.534 e. The molecule has 126 valence electrons. The van der Waals surface area contributed by atoms with Crippen molar-refractivity contribution in [1.29, 1.82) is 0 Å². The van der Waals surface area contributed by atoms with E-state index in [0.717, 1.165) is 19.4 Å². The molecule has 1 rings (SSSR count). The zero-order valence-corrected chi connectivity index (χ0v) is 15.2. The highest BCUT2D eigenvalue weighted by atomic mass is 28.4. The van der Waals surface area contributed by atoms with Gasteiger partial charge >= 0.3 is 8.80 Å². The summed E-state index contributed by atoms with van der Waals surface area (Å²) in [7, 11) is -2.90. The molecule has 0 radical (unpaired) electrons. The molecule has 3 unspecified atom stereocenters. The summed E-state index contributed by atoms with van der Waals surface area (Å²) in [4.78, 5) is 0. The predicted octanol–water partition coefficient (Wildman–Crippen LogP) is 2.79. The second-order valence-electron chi connectivity index (χ2n) is 5.16. The average Bonchev–Trinajstić information content (AvgIpc) is 2.43. The first-order chi connectivity index (χ1) is 10.2. The van der Waals surface area contributed by atoms with Gasteiger partial charge in [0.15, 0.2) is 5.73 Å². The van der Waals surface area contributed by atoms with Gasteiger partial charge in [-0.25, -0.2) is 0 Å². The Hall–Kier alpha value is 0.0169. The van der Waals surface area contributed by atoms with E-state index in [9.17, 15) is 0 Å². The smallest absolute Gasteiger partial charge is 0.375 e. The Morgan fingerprint density at radius 1 is 1.00 bits per heavy atom. The van der Waals surface area contributed by atoms with Crippen LogP contribution < -0.4 is 0 Å². The molecule has 6 heteroatoms. The fourth-order valence-electron chi connectivity index (χ4n) is 2.65. The Morgan fingerprint density at radius 2 is 1.57 bits per heavy atom. The molecule has 0 aromatic heterocycles. The molecule has 3 atom stereocenters. The molecule has 0 bridgehead atoms. The van der Waals surface area contributed by atoms with Crippen LogP contribution in [0.4, 0.5) is 0 Å². The minimum Gasteiger partial charge on any atom is -0.375 e. The third-order valence-electron chi connectivity index (χ3n) is 3.68. The Kier molecular flexibility index (Phi) is 9.00. The lowest BCUT2D eigenvalue weighted by Gasteiger charge is -2.46. The lowest BCUT2D eigenvalue weighted by molar-refractivity contribution is -0.179. The van der Waals surface area contributed by atoms with E-state index in [-0.39, 0.29) is 11.8 Å². The lowest BCUT2D eigenvalue weighted by Crippen LogP contribution is -2.66. The molecule has 1 saturated heterocycles. The van der Waals surface area contributed by atoms with Crippen molar-refractivity contribution >= 4 is 8.80 Å². The van der Waals surface area contributed by atoms with Crippen molar-refractivity contribution in [3.8, 4) is 0 Å². The number of ether oxygens (including phenoxy) is 2. The van der Waals surface area contributed by atoms with Crippen molar-refractivity contribution in [2.75, 3.05) is 33.0 Å². The zero-order chi connectivity index (χ0) is 15.7. The molecule has 1 fully saturated rings. The van der Waals surface area contributed by atoms with Gasteiger partial charge in [0.25, 0.3) is 0 Å². The van der Waals surface area contributed by atoms with Gasteiger partial charge < -0.3 is 22.8 Å². The van der Waals surface area contributed by atoms with Crippen molar-refractivity contribution in [1.82, 2.24) is 0 Å². The summed E-state index contributed by atoms with van der Waals surface area (Å²) in [5.41, 5.74) is -0.226. The first-order valence-corrected chi connectivity index (χ1v) is 10.1. The summed E-state index contributed by atoms with van der Waals surface area (Å²) in [6.07, 6.45) is 2.05. The van der Waals surface area contributed by atoms with Crippen LogP contribution in [0, 0.1) is 5.92 Å². The zero-order valence-electron chi connectivity index (χ0n) is 14.2. The first kappa shape index (κ1) is 19.1. The van der Waals surface area contributed by atoms with Gasteiger partial charge in [-0.3, -0.25) is 0 Å². The van der Waals surface area contributed by atoms with Crippen LogP contribution in [-0.4, -0.2) is 53.7 Å². The molecule has 21 heavy (non-hydrogen) atoms. The molecule has 1 aliphatic rings. The minimum atomic E-state index is -2.90. The van der Waals surface area contributed by atoms with Gasteiger partial charge in [0.05, 0.1) is 12.7 Å². The van der Waals surface area contributed by atoms with Crippen molar-refractivity contribution in [3.05, 3.63) is 0 Å². The third kappa shape index (κ3) is 4.74. The van der Waals surface area contributed by atoms with Crippen LogP contribution in [0.1, 0.15) is 47.5 Å². The van der Waals surface area contributed by atoms with Crippen LogP contribution in [0.3, 0.4) is 0 Å². The summed E-state index contributed by atoms with van der Waals surface area (Å²) >= 11 is 0. The normalized spacial score (nSPS) is 23.9. The molecule has 1 aliphatic heterocycles. The van der Waals surface area contributed by atoms with Crippen molar-refractivity contribution in [2.24, 2.45) is 5.92 Å². The molecule has 0 saturated carbocycles. The van der Waals surface area contributed by atoms with Gasteiger partial charge in [0.1, 0.15) is 0 Å². The average molecular weight is 321 g/mol. The summed E-state index contributed by atoms with van der Waals surface area (Å²) in [6.45, 7) is 13.3. The van der Waals surface area contributed by atoms with Crippen LogP contribution in [0.2, 0.25) is 0 Å². The fraction of sp³-hybridized carbons (Fsp3) is 1.00. The van der Waals surface area contributed by atoms with Gasteiger partial charge in [-0.1, -0.05) is 13.8 Å². The third-order valence-corrected chi connectivity index (χ3v) is 6.94. The van der Waals surface area contributed by atoms with Gasteiger partial charge in [0, 0.05) is 32.3 Å². The Morgan fingerprint density at radius 3 is 1.90 bits per heavy atom. The van der Waals surface area contributed by atoms with Crippen molar-refractivity contribution in [2.45, 2.75) is 59.3 Å². The SMILES string of the molecule is CCCOC(C1OCC1CC)[Si](OCC)(OCC)OCC. The summed E-state index contributed by atoms with van der Waals surface area (Å²) < 4.78 is 29.9. The molecule has 0 amide bonds. The van der Waals surface area contributed by atoms with E-state index in [1.165, 1.54) is 0 Å². The number of hydrogen-bond donors (Lipinski definition) is 0. The van der Waals surface area contributed by atoms with E-state index in [4.69, 9.17) is 22.8 Å². The topological polar surface area (TPSA) is 46.2 Å². The van der Waals surface area contributed by atoms with Gasteiger partial charge in [-0.2, -0.15) is 0 Å². The first-order valence-electron chi connectivity index (χ1n) is 8.33. The van der Waals surface area contributed by atoms with E-state index in [1.54, 1.807) is 0 Å². The molecule has 0 aromatic rings. The highest BCUT2D eigenvalue weighted by Gasteiger charge is 2.58. The molecule has 0 aromatic carbocycles. The lowest BCUT2D eigenvalue weighted by atomic mass is 9.96. The molecule has 5 nitrogen and oxygen atoms in total. The quantitative estimate of drug-likeness (QED) is 0.517. The molecule has 0 spiro atoms. The van der Waals surface area contributed by atoms with Crippen LogP contribution in [-0.2, 0) is 22.8 Å². The monoisotopic (exact) mass is 320 g/mol. The van der Waals surface area contributed by atoms with E-state index in [1.807, 2.05) is 20.8 Å². The summed E-state index contributed by atoms with van der Waals surface area (Å²) in [6, 6.07) is 0. The fourth-order valence-corrected chi connectivity index (χ4v) is 5.69. The second-order valence-corrected chi connectivity index (χ2v) is 7.80.